The van der Waals surface area contributed by atoms with Crippen LogP contribution in [-0.2, 0) is 14.3 Å². The molecule has 10 nitrogen and oxygen atoms in total. The van der Waals surface area contributed by atoms with E-state index in [1.54, 1.807) is 37.6 Å². The molecule has 2 fully saturated rings. The van der Waals surface area contributed by atoms with Gasteiger partial charge >= 0.3 is 0 Å². The zero-order chi connectivity index (χ0) is 27.9. The van der Waals surface area contributed by atoms with Crippen molar-refractivity contribution in [3.63, 3.8) is 0 Å². The molecule has 2 aliphatic rings. The Morgan fingerprint density at radius 1 is 1.05 bits per heavy atom. The summed E-state index contributed by atoms with van der Waals surface area (Å²) in [4.78, 5) is 28.3. The van der Waals surface area contributed by atoms with Gasteiger partial charge in [-0.25, -0.2) is 0 Å². The number of carbonyl (C=O) groups excluding carboxylic acids is 2. The van der Waals surface area contributed by atoms with Crippen LogP contribution < -0.4 is 19.7 Å². The molecule has 5 rings (SSSR count). The van der Waals surface area contributed by atoms with Gasteiger partial charge in [-0.1, -0.05) is 0 Å². The summed E-state index contributed by atoms with van der Waals surface area (Å²) in [6, 6.07) is 14.2. The van der Waals surface area contributed by atoms with Gasteiger partial charge in [0.15, 0.2) is 5.82 Å². The molecule has 0 unspecified atom stereocenters. The van der Waals surface area contributed by atoms with Crippen LogP contribution in [0.2, 0.25) is 0 Å². The van der Waals surface area contributed by atoms with Gasteiger partial charge < -0.3 is 29.2 Å². The van der Waals surface area contributed by atoms with Crippen LogP contribution in [0.1, 0.15) is 43.0 Å². The molecular weight excluding hydrogens is 512 g/mol. The first-order valence-corrected chi connectivity index (χ1v) is 13.8. The number of aromatic nitrogens is 2. The number of carbonyl (C=O) groups is 2. The van der Waals surface area contributed by atoms with Gasteiger partial charge in [0.1, 0.15) is 23.4 Å². The molecule has 3 aromatic rings. The van der Waals surface area contributed by atoms with Gasteiger partial charge in [-0.15, -0.1) is 0 Å². The molecule has 1 aliphatic heterocycles. The molecule has 1 saturated heterocycles. The zero-order valence-corrected chi connectivity index (χ0v) is 22.9. The molecule has 0 bridgehead atoms. The minimum Gasteiger partial charge on any atom is -0.488 e. The summed E-state index contributed by atoms with van der Waals surface area (Å²) in [7, 11) is 1.61. The Bertz CT molecular complexity index is 1270. The predicted octanol–water partition coefficient (Wildman–Crippen LogP) is 5.04. The number of benzene rings is 2. The molecule has 10 heteroatoms. The number of nitrogens with one attached hydrogen (secondary N) is 2. The predicted molar refractivity (Wildman–Crippen MR) is 150 cm³/mol. The largest absolute Gasteiger partial charge is 0.488 e. The molecule has 0 spiro atoms. The van der Waals surface area contributed by atoms with E-state index in [1.807, 2.05) is 36.1 Å². The van der Waals surface area contributed by atoms with Crippen molar-refractivity contribution in [2.24, 2.45) is 11.8 Å². The zero-order valence-electron chi connectivity index (χ0n) is 22.9. The summed E-state index contributed by atoms with van der Waals surface area (Å²) in [5.74, 6) is 2.29. The highest BCUT2D eigenvalue weighted by molar-refractivity contribution is 6.04. The van der Waals surface area contributed by atoms with Gasteiger partial charge in [-0.2, -0.15) is 5.10 Å². The molecule has 40 heavy (non-hydrogen) atoms. The molecule has 2 heterocycles. The van der Waals surface area contributed by atoms with Crippen molar-refractivity contribution in [1.82, 2.24) is 10.2 Å². The molecule has 212 valence electrons. The van der Waals surface area contributed by atoms with Gasteiger partial charge in [0.05, 0.1) is 6.61 Å². The Morgan fingerprint density at radius 3 is 2.48 bits per heavy atom. The second-order valence-corrected chi connectivity index (χ2v) is 10.4. The summed E-state index contributed by atoms with van der Waals surface area (Å²) in [6.45, 7) is 4.29. The van der Waals surface area contributed by atoms with Gasteiger partial charge in [0.25, 0.3) is 5.91 Å². The van der Waals surface area contributed by atoms with E-state index >= 15 is 0 Å². The smallest absolute Gasteiger partial charge is 0.257 e. The van der Waals surface area contributed by atoms with E-state index in [0.717, 1.165) is 37.9 Å². The highest BCUT2D eigenvalue weighted by Gasteiger charge is 2.32. The van der Waals surface area contributed by atoms with Crippen LogP contribution in [0.3, 0.4) is 0 Å². The number of amides is 2. The van der Waals surface area contributed by atoms with Gasteiger partial charge in [-0.3, -0.25) is 14.7 Å². The molecule has 2 N–H and O–H groups in total. The quantitative estimate of drug-likeness (QED) is 0.326. The number of hydrogen-bond donors (Lipinski definition) is 2. The summed E-state index contributed by atoms with van der Waals surface area (Å²) in [5.41, 5.74) is 1.22. The van der Waals surface area contributed by atoms with Crippen molar-refractivity contribution in [2.75, 3.05) is 43.7 Å². The van der Waals surface area contributed by atoms with Crippen molar-refractivity contribution in [2.45, 2.75) is 38.7 Å². The second kappa shape index (κ2) is 13.0. The average Bonchev–Trinajstić information content (AvgIpc) is 3.64. The number of rotatable bonds is 12. The summed E-state index contributed by atoms with van der Waals surface area (Å²) in [6.07, 6.45) is 5.25. The van der Waals surface area contributed by atoms with Crippen LogP contribution in [0.15, 0.2) is 54.7 Å². The van der Waals surface area contributed by atoms with Crippen molar-refractivity contribution >= 4 is 23.3 Å². The summed E-state index contributed by atoms with van der Waals surface area (Å²) in [5, 5.41) is 9.41. The van der Waals surface area contributed by atoms with E-state index in [-0.39, 0.29) is 23.8 Å². The van der Waals surface area contributed by atoms with Crippen LogP contribution in [0.4, 0.5) is 11.5 Å². The molecule has 1 aromatic heterocycles. The highest BCUT2D eigenvalue weighted by atomic mass is 16.5. The minimum absolute atomic E-state index is 0.00213. The van der Waals surface area contributed by atoms with E-state index in [9.17, 15) is 9.59 Å². The first kappa shape index (κ1) is 27.7. The van der Waals surface area contributed by atoms with Crippen LogP contribution in [0.5, 0.6) is 17.2 Å². The number of aromatic amines is 1. The van der Waals surface area contributed by atoms with Gasteiger partial charge in [-0.05, 0) is 74.9 Å². The normalized spacial score (nSPS) is 16.2. The number of methoxy groups -OCH3 is 1. The first-order valence-electron chi connectivity index (χ1n) is 13.8. The fourth-order valence-electron chi connectivity index (χ4n) is 4.73. The second-order valence-electron chi connectivity index (χ2n) is 10.4. The van der Waals surface area contributed by atoms with Crippen molar-refractivity contribution in [1.29, 1.82) is 0 Å². The van der Waals surface area contributed by atoms with E-state index in [2.05, 4.69) is 15.5 Å². The third kappa shape index (κ3) is 7.40. The molecule has 2 amide bonds. The molecule has 0 radical (unpaired) electrons. The Balaban J connectivity index is 1.34. The topological polar surface area (TPSA) is 115 Å². The number of anilines is 2. The Hall–Kier alpha value is -3.89. The lowest BCUT2D eigenvalue weighted by molar-refractivity contribution is -0.125. The number of H-pyrrole nitrogens is 1. The van der Waals surface area contributed by atoms with E-state index in [0.29, 0.717) is 54.4 Å². The third-order valence-corrected chi connectivity index (χ3v) is 6.98. The Labute approximate surface area is 233 Å². The average molecular weight is 549 g/mol. The maximum atomic E-state index is 13.4. The molecular formula is C30H36N4O6. The van der Waals surface area contributed by atoms with E-state index in [4.69, 9.17) is 18.9 Å². The van der Waals surface area contributed by atoms with Crippen molar-refractivity contribution in [3.8, 4) is 17.2 Å². The number of hydrogen-bond acceptors (Lipinski definition) is 7. The minimum atomic E-state index is -0.348. The van der Waals surface area contributed by atoms with Crippen LogP contribution in [-0.4, -0.2) is 61.6 Å². The molecule has 1 aliphatic carbocycles. The van der Waals surface area contributed by atoms with Crippen molar-refractivity contribution in [3.05, 3.63) is 60.3 Å². The highest BCUT2D eigenvalue weighted by Crippen LogP contribution is 2.34. The molecule has 1 atom stereocenters. The van der Waals surface area contributed by atoms with Gasteiger partial charge in [0.2, 0.25) is 5.91 Å². The Morgan fingerprint density at radius 2 is 1.80 bits per heavy atom. The maximum absolute atomic E-state index is 13.4. The van der Waals surface area contributed by atoms with Crippen LogP contribution in [0.25, 0.3) is 0 Å². The molecule has 1 saturated carbocycles. The summed E-state index contributed by atoms with van der Waals surface area (Å²) >= 11 is 0. The van der Waals surface area contributed by atoms with Gasteiger partial charge in [0, 0.05) is 62.4 Å². The standard InChI is InChI=1S/C30H36N4O6/c1-20(19-37-2)39-26-15-23(29(35)32-28-9-12-31-33-28)16-27(17-26)40-25-7-5-24(6-8-25)34(18-21-3-4-21)30(36)22-10-13-38-14-11-22/h5-9,12,15-17,20-22H,3-4,10-11,13-14,18-19H2,1-2H3,(H2,31,32,33,35)/t20-/m0/s1. The Kier molecular flexibility index (Phi) is 8.98. The lowest BCUT2D eigenvalue weighted by Gasteiger charge is -2.29. The lowest BCUT2D eigenvalue weighted by atomic mass is 9.98. The van der Waals surface area contributed by atoms with E-state index in [1.165, 1.54) is 0 Å². The summed E-state index contributed by atoms with van der Waals surface area (Å²) < 4.78 is 22.8. The first-order chi connectivity index (χ1) is 19.5. The monoisotopic (exact) mass is 548 g/mol. The van der Waals surface area contributed by atoms with E-state index < -0.39 is 0 Å². The molecule has 2 aromatic carbocycles. The number of ether oxygens (including phenoxy) is 4. The van der Waals surface area contributed by atoms with Crippen molar-refractivity contribution < 1.29 is 28.5 Å². The van der Waals surface area contributed by atoms with Crippen LogP contribution >= 0.6 is 0 Å². The maximum Gasteiger partial charge on any atom is 0.257 e. The van der Waals surface area contributed by atoms with Crippen LogP contribution in [0, 0.1) is 11.8 Å². The fourth-order valence-corrected chi connectivity index (χ4v) is 4.73. The SMILES string of the molecule is COC[C@H](C)Oc1cc(Oc2ccc(N(CC3CC3)C(=O)C3CCOCC3)cc2)cc(C(=O)Nc2cc[nH]n2)c1. The fraction of sp³-hybridized carbons (Fsp3) is 0.433. The lowest BCUT2D eigenvalue weighted by Crippen LogP contribution is -2.39. The third-order valence-electron chi connectivity index (χ3n) is 6.98. The number of nitrogens with zero attached hydrogens (tertiary/aromatic N) is 2.